The molecule has 4 heteroatoms. The van der Waals surface area contributed by atoms with Crippen molar-refractivity contribution in [3.8, 4) is 5.88 Å². The van der Waals surface area contributed by atoms with Crippen molar-refractivity contribution in [3.05, 3.63) is 58.7 Å². The fraction of sp³-hybridized carbons (Fsp3) is 0.154. The minimum atomic E-state index is 0.458. The first-order valence-electron chi connectivity index (χ1n) is 5.16. The van der Waals surface area contributed by atoms with Gasteiger partial charge in [0.15, 0.2) is 0 Å². The Morgan fingerprint density at radius 2 is 1.82 bits per heavy atom. The molecule has 1 aromatic carbocycles. The summed E-state index contributed by atoms with van der Waals surface area (Å²) < 4.78 is 5.56. The summed E-state index contributed by atoms with van der Waals surface area (Å²) in [6.45, 7) is 0.468. The minimum absolute atomic E-state index is 0.458. The Bertz CT molecular complexity index is 485. The summed E-state index contributed by atoms with van der Waals surface area (Å²) in [5.74, 6) is 1.04. The number of halogens is 2. The molecule has 0 atom stereocenters. The van der Waals surface area contributed by atoms with Crippen molar-refractivity contribution in [2.75, 3.05) is 0 Å². The summed E-state index contributed by atoms with van der Waals surface area (Å²) >= 11 is 11.5. The smallest absolute Gasteiger partial charge is 0.213 e. The van der Waals surface area contributed by atoms with Gasteiger partial charge in [-0.15, -0.1) is 11.6 Å². The van der Waals surface area contributed by atoms with E-state index in [1.807, 2.05) is 36.4 Å². The first-order valence-corrected chi connectivity index (χ1v) is 6.07. The molecule has 0 aliphatic heterocycles. The lowest BCUT2D eigenvalue weighted by molar-refractivity contribution is 0.293. The topological polar surface area (TPSA) is 22.1 Å². The lowest BCUT2D eigenvalue weighted by Gasteiger charge is -2.06. The van der Waals surface area contributed by atoms with Crippen molar-refractivity contribution in [2.45, 2.75) is 12.5 Å². The molecular weight excluding hydrogens is 257 g/mol. The molecule has 0 fully saturated rings. The molecule has 0 saturated carbocycles. The van der Waals surface area contributed by atoms with Gasteiger partial charge < -0.3 is 4.74 Å². The third-order valence-electron chi connectivity index (χ3n) is 2.25. The number of rotatable bonds is 4. The number of hydrogen-bond donors (Lipinski definition) is 0. The Kier molecular flexibility index (Phi) is 4.24. The fourth-order valence-electron chi connectivity index (χ4n) is 1.35. The van der Waals surface area contributed by atoms with Crippen molar-refractivity contribution < 1.29 is 4.74 Å². The van der Waals surface area contributed by atoms with E-state index in [1.165, 1.54) is 0 Å². The molecule has 0 bridgehead atoms. The van der Waals surface area contributed by atoms with E-state index in [1.54, 1.807) is 6.20 Å². The largest absolute Gasteiger partial charge is 0.473 e. The summed E-state index contributed by atoms with van der Waals surface area (Å²) in [5, 5.41) is 0.719. The summed E-state index contributed by atoms with van der Waals surface area (Å²) in [6, 6.07) is 11.2. The molecule has 2 rings (SSSR count). The van der Waals surface area contributed by atoms with Crippen LogP contribution in [0.4, 0.5) is 0 Å². The molecule has 0 N–H and O–H groups in total. The molecule has 1 heterocycles. The van der Waals surface area contributed by atoms with Gasteiger partial charge >= 0.3 is 0 Å². The average Bonchev–Trinajstić information content (AvgIpc) is 2.38. The van der Waals surface area contributed by atoms with Crippen LogP contribution in [-0.4, -0.2) is 4.98 Å². The van der Waals surface area contributed by atoms with Crippen molar-refractivity contribution in [1.82, 2.24) is 4.98 Å². The molecule has 0 aliphatic rings. The van der Waals surface area contributed by atoms with Crippen LogP contribution in [0.2, 0.25) is 5.02 Å². The molecule has 1 aromatic heterocycles. The third-order valence-corrected chi connectivity index (χ3v) is 2.81. The van der Waals surface area contributed by atoms with E-state index in [2.05, 4.69) is 4.98 Å². The highest BCUT2D eigenvalue weighted by Crippen LogP contribution is 2.14. The zero-order valence-electron chi connectivity index (χ0n) is 9.07. The van der Waals surface area contributed by atoms with E-state index in [0.717, 1.165) is 16.1 Å². The van der Waals surface area contributed by atoms with E-state index < -0.39 is 0 Å². The Balaban J connectivity index is 1.99. The molecule has 2 nitrogen and oxygen atoms in total. The Labute approximate surface area is 110 Å². The van der Waals surface area contributed by atoms with E-state index in [-0.39, 0.29) is 0 Å². The van der Waals surface area contributed by atoms with Crippen LogP contribution in [-0.2, 0) is 12.5 Å². The van der Waals surface area contributed by atoms with Gasteiger partial charge in [-0.25, -0.2) is 4.98 Å². The summed E-state index contributed by atoms with van der Waals surface area (Å²) in [6.07, 6.45) is 1.69. The number of nitrogens with zero attached hydrogens (tertiary/aromatic N) is 1. The van der Waals surface area contributed by atoms with Crippen LogP contribution in [0, 0.1) is 0 Å². The lowest BCUT2D eigenvalue weighted by atomic mass is 10.2. The van der Waals surface area contributed by atoms with Crippen LogP contribution >= 0.6 is 23.2 Å². The highest BCUT2D eigenvalue weighted by atomic mass is 35.5. The summed E-state index contributed by atoms with van der Waals surface area (Å²) in [7, 11) is 0. The summed E-state index contributed by atoms with van der Waals surface area (Å²) in [4.78, 5) is 4.11. The van der Waals surface area contributed by atoms with E-state index in [0.29, 0.717) is 18.4 Å². The predicted molar refractivity (Wildman–Crippen MR) is 69.6 cm³/mol. The molecule has 0 radical (unpaired) electrons. The second-order valence-electron chi connectivity index (χ2n) is 3.55. The van der Waals surface area contributed by atoms with Crippen molar-refractivity contribution in [2.24, 2.45) is 0 Å². The van der Waals surface area contributed by atoms with Crippen molar-refractivity contribution >= 4 is 23.2 Å². The molecule has 2 aromatic rings. The molecule has 0 saturated heterocycles. The predicted octanol–water partition coefficient (Wildman–Crippen LogP) is 4.05. The zero-order valence-corrected chi connectivity index (χ0v) is 10.6. The zero-order chi connectivity index (χ0) is 12.1. The number of ether oxygens (including phenoxy) is 1. The molecule has 0 aliphatic carbocycles. The van der Waals surface area contributed by atoms with Crippen LogP contribution in [0.25, 0.3) is 0 Å². The van der Waals surface area contributed by atoms with Crippen LogP contribution in [0.5, 0.6) is 5.88 Å². The SMILES string of the molecule is ClCc1ccnc(OCc2ccc(Cl)cc2)c1. The highest BCUT2D eigenvalue weighted by Gasteiger charge is 1.99. The molecule has 0 spiro atoms. The van der Waals surface area contributed by atoms with Crippen LogP contribution in [0.1, 0.15) is 11.1 Å². The van der Waals surface area contributed by atoms with Gasteiger partial charge in [-0.1, -0.05) is 23.7 Å². The standard InChI is InChI=1S/C13H11Cl2NO/c14-8-11-5-6-16-13(7-11)17-9-10-1-3-12(15)4-2-10/h1-7H,8-9H2. The molecule has 0 amide bonds. The maximum absolute atomic E-state index is 5.80. The lowest BCUT2D eigenvalue weighted by Crippen LogP contribution is -1.97. The van der Waals surface area contributed by atoms with Gasteiger partial charge in [-0.05, 0) is 29.3 Å². The van der Waals surface area contributed by atoms with E-state index >= 15 is 0 Å². The highest BCUT2D eigenvalue weighted by molar-refractivity contribution is 6.30. The molecule has 17 heavy (non-hydrogen) atoms. The van der Waals surface area contributed by atoms with Gasteiger partial charge in [0.25, 0.3) is 0 Å². The molecule has 88 valence electrons. The van der Waals surface area contributed by atoms with Gasteiger partial charge in [0, 0.05) is 23.2 Å². The normalized spacial score (nSPS) is 10.2. The Hall–Kier alpha value is -1.25. The van der Waals surface area contributed by atoms with Gasteiger partial charge in [-0.2, -0.15) is 0 Å². The third kappa shape index (κ3) is 3.62. The second-order valence-corrected chi connectivity index (χ2v) is 4.25. The van der Waals surface area contributed by atoms with Crippen LogP contribution < -0.4 is 4.74 Å². The van der Waals surface area contributed by atoms with Gasteiger partial charge in [-0.3, -0.25) is 0 Å². The molecule has 0 unspecified atom stereocenters. The number of alkyl halides is 1. The summed E-state index contributed by atoms with van der Waals surface area (Å²) in [5.41, 5.74) is 2.04. The quantitative estimate of drug-likeness (QED) is 0.780. The molecular formula is C13H11Cl2NO. The fourth-order valence-corrected chi connectivity index (χ4v) is 1.64. The number of hydrogen-bond acceptors (Lipinski definition) is 2. The van der Waals surface area contributed by atoms with Gasteiger partial charge in [0.2, 0.25) is 5.88 Å². The van der Waals surface area contributed by atoms with Gasteiger partial charge in [0.05, 0.1) is 0 Å². The number of aromatic nitrogens is 1. The maximum Gasteiger partial charge on any atom is 0.213 e. The van der Waals surface area contributed by atoms with Gasteiger partial charge in [0.1, 0.15) is 6.61 Å². The minimum Gasteiger partial charge on any atom is -0.473 e. The van der Waals surface area contributed by atoms with Crippen molar-refractivity contribution in [1.29, 1.82) is 0 Å². The first-order chi connectivity index (χ1) is 8.28. The first kappa shape index (κ1) is 12.2. The van der Waals surface area contributed by atoms with E-state index in [4.69, 9.17) is 27.9 Å². The number of pyridine rings is 1. The van der Waals surface area contributed by atoms with Crippen LogP contribution in [0.3, 0.4) is 0 Å². The maximum atomic E-state index is 5.80. The number of benzene rings is 1. The average molecular weight is 268 g/mol. The second kappa shape index (κ2) is 5.89. The van der Waals surface area contributed by atoms with E-state index in [9.17, 15) is 0 Å². The Morgan fingerprint density at radius 3 is 2.53 bits per heavy atom. The van der Waals surface area contributed by atoms with Crippen molar-refractivity contribution in [3.63, 3.8) is 0 Å². The Morgan fingerprint density at radius 1 is 1.06 bits per heavy atom. The monoisotopic (exact) mass is 267 g/mol. The van der Waals surface area contributed by atoms with Crippen LogP contribution in [0.15, 0.2) is 42.6 Å².